The SMILES string of the molecule is COC(=O)CCCC=CCC1=C(C=CCC(O)C2(Cc3ccc(Cl)s3)CCC2)[C@H](O)CC1. The van der Waals surface area contributed by atoms with Crippen molar-refractivity contribution in [3.63, 3.8) is 0 Å². The molecule has 2 atom stereocenters. The van der Waals surface area contributed by atoms with Gasteiger partial charge in [-0.2, -0.15) is 0 Å². The minimum Gasteiger partial charge on any atom is -0.469 e. The van der Waals surface area contributed by atoms with E-state index in [0.29, 0.717) is 12.8 Å². The quantitative estimate of drug-likeness (QED) is 0.214. The first kappa shape index (κ1) is 25.2. The number of halogens is 1. The molecule has 176 valence electrons. The van der Waals surface area contributed by atoms with Crippen molar-refractivity contribution in [1.29, 1.82) is 0 Å². The van der Waals surface area contributed by atoms with Crippen molar-refractivity contribution in [2.75, 3.05) is 7.11 Å². The Morgan fingerprint density at radius 2 is 2.16 bits per heavy atom. The number of allylic oxidation sites excluding steroid dienone is 3. The number of methoxy groups -OCH3 is 1. The molecule has 0 radical (unpaired) electrons. The van der Waals surface area contributed by atoms with Crippen LogP contribution in [0.2, 0.25) is 4.34 Å². The highest BCUT2D eigenvalue weighted by molar-refractivity contribution is 7.16. The molecule has 0 amide bonds. The molecule has 1 heterocycles. The van der Waals surface area contributed by atoms with Crippen molar-refractivity contribution in [2.24, 2.45) is 5.41 Å². The van der Waals surface area contributed by atoms with Gasteiger partial charge in [0.25, 0.3) is 0 Å². The van der Waals surface area contributed by atoms with Gasteiger partial charge < -0.3 is 14.9 Å². The number of aliphatic hydroxyl groups excluding tert-OH is 2. The van der Waals surface area contributed by atoms with E-state index in [2.05, 4.69) is 23.0 Å². The Kier molecular flexibility index (Phi) is 9.60. The molecule has 0 spiro atoms. The van der Waals surface area contributed by atoms with Gasteiger partial charge in [0.05, 0.1) is 23.7 Å². The van der Waals surface area contributed by atoms with Crippen molar-refractivity contribution in [3.8, 4) is 0 Å². The summed E-state index contributed by atoms with van der Waals surface area (Å²) in [5, 5.41) is 21.4. The summed E-state index contributed by atoms with van der Waals surface area (Å²) in [5.41, 5.74) is 2.22. The van der Waals surface area contributed by atoms with Crippen LogP contribution in [0.1, 0.15) is 69.1 Å². The number of thiophene rings is 1. The van der Waals surface area contributed by atoms with Crippen LogP contribution in [0.5, 0.6) is 0 Å². The van der Waals surface area contributed by atoms with E-state index in [1.165, 1.54) is 24.0 Å². The molecule has 2 aliphatic carbocycles. The summed E-state index contributed by atoms with van der Waals surface area (Å²) in [4.78, 5) is 12.4. The Balaban J connectivity index is 1.52. The number of hydrogen-bond donors (Lipinski definition) is 2. The summed E-state index contributed by atoms with van der Waals surface area (Å²) >= 11 is 7.69. The van der Waals surface area contributed by atoms with Crippen molar-refractivity contribution in [3.05, 3.63) is 56.8 Å². The average molecular weight is 479 g/mol. The molecular weight excluding hydrogens is 444 g/mol. The molecule has 6 heteroatoms. The molecule has 2 aliphatic rings. The van der Waals surface area contributed by atoms with Gasteiger partial charge in [-0.3, -0.25) is 4.79 Å². The molecule has 32 heavy (non-hydrogen) atoms. The Morgan fingerprint density at radius 1 is 1.34 bits per heavy atom. The van der Waals surface area contributed by atoms with E-state index in [4.69, 9.17) is 11.6 Å². The van der Waals surface area contributed by atoms with Gasteiger partial charge in [-0.1, -0.05) is 47.9 Å². The molecule has 1 saturated carbocycles. The van der Waals surface area contributed by atoms with Crippen LogP contribution in [0.4, 0.5) is 0 Å². The van der Waals surface area contributed by atoms with E-state index < -0.39 is 6.10 Å². The Morgan fingerprint density at radius 3 is 2.81 bits per heavy atom. The number of hydrogen-bond acceptors (Lipinski definition) is 5. The predicted octanol–water partition coefficient (Wildman–Crippen LogP) is 6.16. The van der Waals surface area contributed by atoms with Gasteiger partial charge in [-0.25, -0.2) is 0 Å². The van der Waals surface area contributed by atoms with Crippen LogP contribution >= 0.6 is 22.9 Å². The first-order valence-corrected chi connectivity index (χ1v) is 12.8. The second-order valence-corrected chi connectivity index (χ2v) is 10.8. The summed E-state index contributed by atoms with van der Waals surface area (Å²) < 4.78 is 5.45. The van der Waals surface area contributed by atoms with Crippen molar-refractivity contribution < 1.29 is 19.7 Å². The minimum absolute atomic E-state index is 0.0447. The normalized spacial score (nSPS) is 21.4. The Hall–Kier alpha value is -1.40. The zero-order valence-corrected chi connectivity index (χ0v) is 20.5. The van der Waals surface area contributed by atoms with Gasteiger partial charge in [0.15, 0.2) is 0 Å². The smallest absolute Gasteiger partial charge is 0.305 e. The van der Waals surface area contributed by atoms with Gasteiger partial charge in [-0.05, 0) is 75.5 Å². The number of rotatable bonds is 12. The molecule has 2 N–H and O–H groups in total. The largest absolute Gasteiger partial charge is 0.469 e. The van der Waals surface area contributed by atoms with Crippen molar-refractivity contribution >= 4 is 28.9 Å². The van der Waals surface area contributed by atoms with Gasteiger partial charge in [-0.15, -0.1) is 11.3 Å². The van der Waals surface area contributed by atoms with Gasteiger partial charge in [0, 0.05) is 16.7 Å². The number of esters is 1. The van der Waals surface area contributed by atoms with Crippen molar-refractivity contribution in [2.45, 2.75) is 82.8 Å². The highest BCUT2D eigenvalue weighted by atomic mass is 35.5. The molecule has 1 unspecified atom stereocenters. The van der Waals surface area contributed by atoms with E-state index in [-0.39, 0.29) is 17.5 Å². The summed E-state index contributed by atoms with van der Waals surface area (Å²) in [5.74, 6) is -0.169. The maximum atomic E-state index is 11.1. The van der Waals surface area contributed by atoms with E-state index in [9.17, 15) is 15.0 Å². The fourth-order valence-corrected chi connectivity index (χ4v) is 5.97. The average Bonchev–Trinajstić information content (AvgIpc) is 3.32. The lowest BCUT2D eigenvalue weighted by Crippen LogP contribution is -2.42. The molecule has 0 saturated heterocycles. The van der Waals surface area contributed by atoms with Gasteiger partial charge >= 0.3 is 5.97 Å². The van der Waals surface area contributed by atoms with Crippen LogP contribution in [0.25, 0.3) is 0 Å². The zero-order valence-electron chi connectivity index (χ0n) is 18.9. The number of carbonyl (C=O) groups excluding carboxylic acids is 1. The zero-order chi connectivity index (χ0) is 23.0. The van der Waals surface area contributed by atoms with Crippen LogP contribution in [0.15, 0.2) is 47.6 Å². The highest BCUT2D eigenvalue weighted by Gasteiger charge is 2.43. The summed E-state index contributed by atoms with van der Waals surface area (Å²) in [6, 6.07) is 4.01. The molecule has 0 aliphatic heterocycles. The lowest BCUT2D eigenvalue weighted by Gasteiger charge is -2.45. The van der Waals surface area contributed by atoms with E-state index >= 15 is 0 Å². The molecule has 0 bridgehead atoms. The summed E-state index contributed by atoms with van der Waals surface area (Å²) in [6.07, 6.45) is 16.8. The molecule has 1 fully saturated rings. The fraction of sp³-hybridized carbons (Fsp3) is 0.577. The van der Waals surface area contributed by atoms with Gasteiger partial charge in [0.1, 0.15) is 0 Å². The van der Waals surface area contributed by atoms with Crippen LogP contribution < -0.4 is 0 Å². The first-order valence-electron chi connectivity index (χ1n) is 11.6. The maximum Gasteiger partial charge on any atom is 0.305 e. The summed E-state index contributed by atoms with van der Waals surface area (Å²) in [6.45, 7) is 0. The number of unbranched alkanes of at least 4 members (excludes halogenated alkanes) is 1. The Bertz CT molecular complexity index is 850. The third kappa shape index (κ3) is 6.80. The van der Waals surface area contributed by atoms with E-state index in [1.807, 2.05) is 18.2 Å². The van der Waals surface area contributed by atoms with Crippen LogP contribution in [-0.2, 0) is 16.0 Å². The van der Waals surface area contributed by atoms with E-state index in [1.54, 1.807) is 11.3 Å². The maximum absolute atomic E-state index is 11.1. The molecule has 0 aromatic carbocycles. The molecule has 1 aromatic rings. The van der Waals surface area contributed by atoms with Gasteiger partial charge in [0.2, 0.25) is 0 Å². The van der Waals surface area contributed by atoms with Crippen LogP contribution in [-0.4, -0.2) is 35.5 Å². The second-order valence-electron chi connectivity index (χ2n) is 9.01. The molecule has 1 aromatic heterocycles. The Labute approximate surface area is 200 Å². The topological polar surface area (TPSA) is 66.8 Å². The summed E-state index contributed by atoms with van der Waals surface area (Å²) in [7, 11) is 1.41. The lowest BCUT2D eigenvalue weighted by molar-refractivity contribution is -0.140. The number of ether oxygens (including phenoxy) is 1. The molecule has 3 rings (SSSR count). The highest BCUT2D eigenvalue weighted by Crippen LogP contribution is 2.48. The fourth-order valence-electron chi connectivity index (χ4n) is 4.73. The third-order valence-electron chi connectivity index (χ3n) is 6.87. The number of carbonyl (C=O) groups is 1. The molecule has 4 nitrogen and oxygen atoms in total. The second kappa shape index (κ2) is 12.2. The lowest BCUT2D eigenvalue weighted by atomic mass is 9.62. The minimum atomic E-state index is -0.419. The third-order valence-corrected chi connectivity index (χ3v) is 8.10. The monoisotopic (exact) mass is 478 g/mol. The molecular formula is C26H35ClO4S. The standard InChI is InChI=1S/C26H35ClO4S/c1-31-25(30)11-5-3-2-4-8-19-12-14-22(28)21(19)9-6-10-23(29)26(16-7-17-26)18-20-13-15-24(27)32-20/h2,4,6,9,13,15,22-23,28-29H,3,5,7-8,10-12,14,16-18H2,1H3/t22-,23?/m1/s1. The van der Waals surface area contributed by atoms with Crippen LogP contribution in [0.3, 0.4) is 0 Å². The van der Waals surface area contributed by atoms with Crippen LogP contribution in [0, 0.1) is 5.41 Å². The van der Waals surface area contributed by atoms with Crippen molar-refractivity contribution in [1.82, 2.24) is 0 Å². The number of aliphatic hydroxyl groups is 2. The predicted molar refractivity (Wildman–Crippen MR) is 131 cm³/mol. The first-order chi connectivity index (χ1) is 15.4. The van der Waals surface area contributed by atoms with E-state index in [0.717, 1.165) is 61.3 Å².